The number of hydrogen-bond donors (Lipinski definition) is 2. The molecule has 0 spiro atoms. The smallest absolute Gasteiger partial charge is 0.238 e. The summed E-state index contributed by atoms with van der Waals surface area (Å²) in [4.78, 5) is 11.5. The molecule has 1 atom stereocenters. The third-order valence-electron chi connectivity index (χ3n) is 3.04. The predicted molar refractivity (Wildman–Crippen MR) is 62.9 cm³/mol. The molecular weight excluding hydrogens is 228 g/mol. The summed E-state index contributed by atoms with van der Waals surface area (Å²) in [6, 6.07) is 0. The molecule has 1 amide bonds. The van der Waals surface area contributed by atoms with Crippen LogP contribution in [0.1, 0.15) is 19.8 Å². The molecule has 0 radical (unpaired) electrons. The molecule has 1 saturated heterocycles. The second-order valence-corrected chi connectivity index (χ2v) is 6.78. The zero-order valence-electron chi connectivity index (χ0n) is 9.82. The first-order chi connectivity index (χ1) is 7.41. The number of carbonyl (C=O) groups is 1. The molecule has 6 heteroatoms. The Kier molecular flexibility index (Phi) is 4.73. The molecule has 0 bridgehead atoms. The third kappa shape index (κ3) is 4.09. The van der Waals surface area contributed by atoms with Crippen LogP contribution in [0.25, 0.3) is 0 Å². The van der Waals surface area contributed by atoms with Crippen LogP contribution >= 0.6 is 0 Å². The van der Waals surface area contributed by atoms with Gasteiger partial charge in [-0.15, -0.1) is 0 Å². The number of nitrogens with one attached hydrogen (secondary N) is 2. The van der Waals surface area contributed by atoms with Gasteiger partial charge in [0.15, 0.2) is 9.84 Å². The first-order valence-corrected chi connectivity index (χ1v) is 7.54. The van der Waals surface area contributed by atoms with Crippen molar-refractivity contribution in [3.05, 3.63) is 0 Å². The lowest BCUT2D eigenvalue weighted by Crippen LogP contribution is -2.41. The lowest BCUT2D eigenvalue weighted by Gasteiger charge is -2.23. The van der Waals surface area contributed by atoms with E-state index in [0.717, 1.165) is 32.2 Å². The molecule has 1 aliphatic heterocycles. The Labute approximate surface area is 96.9 Å². The second-order valence-electron chi connectivity index (χ2n) is 4.41. The lowest BCUT2D eigenvalue weighted by molar-refractivity contribution is -0.120. The number of carbonyl (C=O) groups excluding carboxylic acids is 1. The summed E-state index contributed by atoms with van der Waals surface area (Å²) < 4.78 is 22.3. The minimum atomic E-state index is -3.28. The van der Waals surface area contributed by atoms with E-state index in [9.17, 15) is 13.2 Å². The Bertz CT molecular complexity index is 334. The van der Waals surface area contributed by atoms with Crippen LogP contribution in [0.4, 0.5) is 0 Å². The maximum atomic E-state index is 11.5. The van der Waals surface area contributed by atoms with Crippen molar-refractivity contribution in [3.63, 3.8) is 0 Å². The maximum Gasteiger partial charge on any atom is 0.238 e. The first-order valence-electron chi connectivity index (χ1n) is 5.58. The van der Waals surface area contributed by atoms with Crippen molar-refractivity contribution in [1.29, 1.82) is 0 Å². The Morgan fingerprint density at radius 2 is 2.00 bits per heavy atom. The Morgan fingerprint density at radius 1 is 1.44 bits per heavy atom. The van der Waals surface area contributed by atoms with Gasteiger partial charge >= 0.3 is 0 Å². The van der Waals surface area contributed by atoms with E-state index in [0.29, 0.717) is 12.5 Å². The molecule has 0 aromatic rings. The number of rotatable bonds is 4. The van der Waals surface area contributed by atoms with Crippen molar-refractivity contribution in [2.75, 3.05) is 25.9 Å². The average Bonchev–Trinajstić information content (AvgIpc) is 2.25. The molecule has 94 valence electrons. The number of hydrogen-bond acceptors (Lipinski definition) is 4. The van der Waals surface area contributed by atoms with Gasteiger partial charge in [-0.05, 0) is 38.8 Å². The normalized spacial score (nSPS) is 20.4. The molecule has 1 fully saturated rings. The zero-order valence-corrected chi connectivity index (χ0v) is 10.6. The molecule has 1 aliphatic rings. The van der Waals surface area contributed by atoms with Crippen LogP contribution in [0.3, 0.4) is 0 Å². The highest BCUT2D eigenvalue weighted by Crippen LogP contribution is 2.10. The molecule has 1 rings (SSSR count). The SMILES string of the molecule is CC(C(=O)NCC1CCNCC1)S(C)(=O)=O. The van der Waals surface area contributed by atoms with Gasteiger partial charge in [-0.2, -0.15) is 0 Å². The topological polar surface area (TPSA) is 75.3 Å². The van der Waals surface area contributed by atoms with Crippen LogP contribution < -0.4 is 10.6 Å². The number of sulfone groups is 1. The summed E-state index contributed by atoms with van der Waals surface area (Å²) in [5, 5.41) is 5.00. The minimum Gasteiger partial charge on any atom is -0.355 e. The highest BCUT2D eigenvalue weighted by Gasteiger charge is 2.24. The Hall–Kier alpha value is -0.620. The van der Waals surface area contributed by atoms with E-state index < -0.39 is 15.1 Å². The second kappa shape index (κ2) is 5.63. The summed E-state index contributed by atoms with van der Waals surface area (Å²) in [7, 11) is -3.28. The monoisotopic (exact) mass is 248 g/mol. The lowest BCUT2D eigenvalue weighted by atomic mass is 9.98. The van der Waals surface area contributed by atoms with Crippen LogP contribution in [-0.4, -0.2) is 45.5 Å². The van der Waals surface area contributed by atoms with Gasteiger partial charge in [0.1, 0.15) is 5.25 Å². The van der Waals surface area contributed by atoms with Crippen molar-refractivity contribution in [1.82, 2.24) is 10.6 Å². The molecule has 2 N–H and O–H groups in total. The number of amides is 1. The van der Waals surface area contributed by atoms with Crippen LogP contribution in [-0.2, 0) is 14.6 Å². The first kappa shape index (κ1) is 13.4. The summed E-state index contributed by atoms with van der Waals surface area (Å²) in [5.74, 6) is 0.0815. The van der Waals surface area contributed by atoms with E-state index >= 15 is 0 Å². The van der Waals surface area contributed by atoms with Gasteiger partial charge in [0, 0.05) is 12.8 Å². The molecule has 0 saturated carbocycles. The fourth-order valence-corrected chi connectivity index (χ4v) is 2.14. The van der Waals surface area contributed by atoms with Crippen molar-refractivity contribution >= 4 is 15.7 Å². The van der Waals surface area contributed by atoms with Gasteiger partial charge < -0.3 is 10.6 Å². The molecule has 0 aromatic carbocycles. The summed E-state index contributed by atoms with van der Waals surface area (Å²) in [5.41, 5.74) is 0. The van der Waals surface area contributed by atoms with E-state index in [-0.39, 0.29) is 5.91 Å². The summed E-state index contributed by atoms with van der Waals surface area (Å²) in [6.07, 6.45) is 3.16. The van der Waals surface area contributed by atoms with Crippen molar-refractivity contribution in [2.45, 2.75) is 25.0 Å². The van der Waals surface area contributed by atoms with E-state index in [4.69, 9.17) is 0 Å². The molecule has 0 aromatic heterocycles. The van der Waals surface area contributed by atoms with E-state index in [1.807, 2.05) is 0 Å². The Balaban J connectivity index is 2.34. The van der Waals surface area contributed by atoms with Gasteiger partial charge in [0.25, 0.3) is 0 Å². The van der Waals surface area contributed by atoms with Gasteiger partial charge in [-0.25, -0.2) is 8.42 Å². The van der Waals surface area contributed by atoms with Crippen LogP contribution in [0, 0.1) is 5.92 Å². The average molecular weight is 248 g/mol. The highest BCUT2D eigenvalue weighted by atomic mass is 32.2. The molecule has 16 heavy (non-hydrogen) atoms. The van der Waals surface area contributed by atoms with Crippen LogP contribution in [0.15, 0.2) is 0 Å². The van der Waals surface area contributed by atoms with E-state index in [1.165, 1.54) is 6.92 Å². The highest BCUT2D eigenvalue weighted by molar-refractivity contribution is 7.92. The van der Waals surface area contributed by atoms with Crippen LogP contribution in [0.2, 0.25) is 0 Å². The van der Waals surface area contributed by atoms with E-state index in [1.54, 1.807) is 0 Å². The fraction of sp³-hybridized carbons (Fsp3) is 0.900. The van der Waals surface area contributed by atoms with Gasteiger partial charge in [0.2, 0.25) is 5.91 Å². The standard InChI is InChI=1S/C10H20N2O3S/c1-8(16(2,14)15)10(13)12-7-9-3-5-11-6-4-9/h8-9,11H,3-7H2,1-2H3,(H,12,13). The maximum absolute atomic E-state index is 11.5. The molecular formula is C10H20N2O3S. The largest absolute Gasteiger partial charge is 0.355 e. The van der Waals surface area contributed by atoms with Gasteiger partial charge in [0.05, 0.1) is 0 Å². The summed E-state index contributed by atoms with van der Waals surface area (Å²) >= 11 is 0. The summed E-state index contributed by atoms with van der Waals surface area (Å²) in [6.45, 7) is 3.96. The van der Waals surface area contributed by atoms with Gasteiger partial charge in [-0.3, -0.25) is 4.79 Å². The van der Waals surface area contributed by atoms with Crippen molar-refractivity contribution < 1.29 is 13.2 Å². The Morgan fingerprint density at radius 3 is 2.50 bits per heavy atom. The zero-order chi connectivity index (χ0) is 12.2. The quantitative estimate of drug-likeness (QED) is 0.705. The number of piperidine rings is 1. The molecule has 0 aliphatic carbocycles. The minimum absolute atomic E-state index is 0.388. The molecule has 1 unspecified atom stereocenters. The van der Waals surface area contributed by atoms with Crippen molar-refractivity contribution in [3.8, 4) is 0 Å². The molecule has 5 nitrogen and oxygen atoms in total. The van der Waals surface area contributed by atoms with Crippen molar-refractivity contribution in [2.24, 2.45) is 5.92 Å². The fourth-order valence-electron chi connectivity index (χ4n) is 1.67. The van der Waals surface area contributed by atoms with Gasteiger partial charge in [-0.1, -0.05) is 0 Å². The van der Waals surface area contributed by atoms with E-state index in [2.05, 4.69) is 10.6 Å². The molecule has 1 heterocycles. The third-order valence-corrected chi connectivity index (χ3v) is 4.53. The predicted octanol–water partition coefficient (Wildman–Crippen LogP) is -0.465. The van der Waals surface area contributed by atoms with Crippen LogP contribution in [0.5, 0.6) is 0 Å².